The summed E-state index contributed by atoms with van der Waals surface area (Å²) in [5, 5.41) is 2.72. The lowest BCUT2D eigenvalue weighted by Crippen LogP contribution is -2.23. The molecule has 1 aromatic carbocycles. The van der Waals surface area contributed by atoms with E-state index in [1.807, 2.05) is 0 Å². The molecular formula is C13H14ClFN4O. The number of hydrogen-bond acceptors (Lipinski definition) is 3. The highest BCUT2D eigenvalue weighted by molar-refractivity contribution is 6.30. The van der Waals surface area contributed by atoms with Gasteiger partial charge in [0.15, 0.2) is 0 Å². The number of carbonyl (C=O) groups excluding carboxylic acids is 1. The van der Waals surface area contributed by atoms with Crippen LogP contribution in [0, 0.1) is 5.82 Å². The summed E-state index contributed by atoms with van der Waals surface area (Å²) in [7, 11) is 0. The van der Waals surface area contributed by atoms with Gasteiger partial charge in [0.2, 0.25) is 0 Å². The Morgan fingerprint density at radius 1 is 1.50 bits per heavy atom. The lowest BCUT2D eigenvalue weighted by Gasteiger charge is -2.04. The maximum absolute atomic E-state index is 13.0. The van der Waals surface area contributed by atoms with Crippen LogP contribution in [0.5, 0.6) is 0 Å². The molecule has 2 aromatic rings. The molecule has 1 aromatic heterocycles. The highest BCUT2D eigenvalue weighted by Crippen LogP contribution is 2.15. The summed E-state index contributed by atoms with van der Waals surface area (Å²) >= 11 is 5.67. The number of aromatic nitrogens is 2. The van der Waals surface area contributed by atoms with E-state index in [1.165, 1.54) is 12.1 Å². The van der Waals surface area contributed by atoms with Gasteiger partial charge in [0, 0.05) is 25.8 Å². The molecule has 3 N–H and O–H groups in total. The van der Waals surface area contributed by atoms with Gasteiger partial charge in [-0.1, -0.05) is 17.7 Å². The predicted octanol–water partition coefficient (Wildman–Crippen LogP) is 1.56. The second-order valence-corrected chi connectivity index (χ2v) is 4.62. The quantitative estimate of drug-likeness (QED) is 0.879. The zero-order valence-corrected chi connectivity index (χ0v) is 11.4. The van der Waals surface area contributed by atoms with Gasteiger partial charge in [-0.05, 0) is 17.7 Å². The number of nitrogens with zero attached hydrogens (tertiary/aromatic N) is 2. The number of amides is 1. The number of halogens is 2. The van der Waals surface area contributed by atoms with E-state index < -0.39 is 5.82 Å². The molecule has 0 atom stereocenters. The molecule has 5 nitrogen and oxygen atoms in total. The highest BCUT2D eigenvalue weighted by Gasteiger charge is 2.09. The Morgan fingerprint density at radius 3 is 3.00 bits per heavy atom. The molecule has 2 rings (SSSR count). The predicted molar refractivity (Wildman–Crippen MR) is 73.9 cm³/mol. The molecular weight excluding hydrogens is 283 g/mol. The number of carbonyl (C=O) groups is 1. The largest absolute Gasteiger partial charge is 0.347 e. The lowest BCUT2D eigenvalue weighted by atomic mass is 10.2. The minimum atomic E-state index is -0.484. The Bertz CT molecular complexity index is 614. The van der Waals surface area contributed by atoms with Gasteiger partial charge in [-0.15, -0.1) is 0 Å². The molecule has 0 saturated carbocycles. The maximum atomic E-state index is 13.0. The topological polar surface area (TPSA) is 72.9 Å². The number of benzene rings is 1. The fraction of sp³-hybridized carbons (Fsp3) is 0.231. The van der Waals surface area contributed by atoms with Crippen molar-refractivity contribution in [2.45, 2.75) is 13.1 Å². The fourth-order valence-electron chi connectivity index (χ4n) is 1.67. The zero-order chi connectivity index (χ0) is 14.5. The van der Waals surface area contributed by atoms with Crippen LogP contribution in [0.1, 0.15) is 16.1 Å². The van der Waals surface area contributed by atoms with Gasteiger partial charge < -0.3 is 15.6 Å². The second-order valence-electron chi connectivity index (χ2n) is 4.22. The molecule has 0 aliphatic rings. The third-order valence-electron chi connectivity index (χ3n) is 2.69. The lowest BCUT2D eigenvalue weighted by molar-refractivity contribution is 0.0946. The zero-order valence-electron chi connectivity index (χ0n) is 10.6. The minimum Gasteiger partial charge on any atom is -0.347 e. The van der Waals surface area contributed by atoms with Crippen molar-refractivity contribution in [3.05, 3.63) is 52.8 Å². The van der Waals surface area contributed by atoms with Crippen LogP contribution >= 0.6 is 11.6 Å². The standard InChI is InChI=1S/C13H14ClFN4O/c14-10-5-9(1-2-11(10)15)6-17-13(20)12-7-19(4-3-16)8-18-12/h1-2,5,7-8H,3-4,6,16H2,(H,17,20). The van der Waals surface area contributed by atoms with Crippen LogP contribution in [0.4, 0.5) is 4.39 Å². The first-order valence-corrected chi connectivity index (χ1v) is 6.42. The monoisotopic (exact) mass is 296 g/mol. The molecule has 0 radical (unpaired) electrons. The average molecular weight is 297 g/mol. The van der Waals surface area contributed by atoms with Crippen LogP contribution in [-0.4, -0.2) is 22.0 Å². The van der Waals surface area contributed by atoms with Crippen molar-refractivity contribution >= 4 is 17.5 Å². The SMILES string of the molecule is NCCn1cnc(C(=O)NCc2ccc(F)c(Cl)c2)c1. The van der Waals surface area contributed by atoms with E-state index in [0.29, 0.717) is 24.3 Å². The summed E-state index contributed by atoms with van der Waals surface area (Å²) in [6.45, 7) is 1.34. The molecule has 20 heavy (non-hydrogen) atoms. The van der Waals surface area contributed by atoms with Crippen LogP contribution in [0.15, 0.2) is 30.7 Å². The molecule has 0 saturated heterocycles. The van der Waals surface area contributed by atoms with Crippen molar-refractivity contribution in [1.29, 1.82) is 0 Å². The van der Waals surface area contributed by atoms with E-state index in [1.54, 1.807) is 23.2 Å². The third-order valence-corrected chi connectivity index (χ3v) is 2.98. The molecule has 0 aliphatic heterocycles. The van der Waals surface area contributed by atoms with Gasteiger partial charge in [-0.3, -0.25) is 4.79 Å². The summed E-state index contributed by atoms with van der Waals surface area (Å²) in [5.41, 5.74) is 6.44. The molecule has 0 bridgehead atoms. The van der Waals surface area contributed by atoms with Crippen molar-refractivity contribution in [2.24, 2.45) is 5.73 Å². The van der Waals surface area contributed by atoms with Crippen molar-refractivity contribution < 1.29 is 9.18 Å². The summed E-state index contributed by atoms with van der Waals surface area (Å²) in [6.07, 6.45) is 3.18. The molecule has 0 fully saturated rings. The first-order chi connectivity index (χ1) is 9.60. The maximum Gasteiger partial charge on any atom is 0.271 e. The second kappa shape index (κ2) is 6.49. The van der Waals surface area contributed by atoms with E-state index in [2.05, 4.69) is 10.3 Å². The van der Waals surface area contributed by atoms with Crippen LogP contribution in [-0.2, 0) is 13.1 Å². The van der Waals surface area contributed by atoms with Crippen LogP contribution in [0.25, 0.3) is 0 Å². The third kappa shape index (κ3) is 3.55. The van der Waals surface area contributed by atoms with Gasteiger partial charge in [0.1, 0.15) is 11.5 Å². The molecule has 0 aliphatic carbocycles. The summed E-state index contributed by atoms with van der Waals surface area (Å²) < 4.78 is 14.7. The van der Waals surface area contributed by atoms with E-state index >= 15 is 0 Å². The molecule has 0 unspecified atom stereocenters. The van der Waals surface area contributed by atoms with Gasteiger partial charge >= 0.3 is 0 Å². The molecule has 1 heterocycles. The normalized spacial score (nSPS) is 10.6. The van der Waals surface area contributed by atoms with E-state index in [4.69, 9.17) is 17.3 Å². The summed E-state index contributed by atoms with van der Waals surface area (Å²) in [4.78, 5) is 15.9. The first kappa shape index (κ1) is 14.5. The van der Waals surface area contributed by atoms with E-state index in [0.717, 1.165) is 0 Å². The van der Waals surface area contributed by atoms with Crippen LogP contribution in [0.2, 0.25) is 5.02 Å². The number of nitrogens with two attached hydrogens (primary N) is 1. The Morgan fingerprint density at radius 2 is 2.30 bits per heavy atom. The average Bonchev–Trinajstić information content (AvgIpc) is 2.89. The minimum absolute atomic E-state index is 0.0315. The smallest absolute Gasteiger partial charge is 0.271 e. The molecule has 7 heteroatoms. The molecule has 1 amide bonds. The van der Waals surface area contributed by atoms with Crippen molar-refractivity contribution in [3.63, 3.8) is 0 Å². The van der Waals surface area contributed by atoms with Gasteiger partial charge in [0.05, 0.1) is 11.3 Å². The van der Waals surface area contributed by atoms with Gasteiger partial charge in [-0.25, -0.2) is 9.37 Å². The number of nitrogens with one attached hydrogen (secondary N) is 1. The summed E-state index contributed by atoms with van der Waals surface area (Å²) in [6, 6.07) is 4.30. The Hall–Kier alpha value is -1.92. The van der Waals surface area contributed by atoms with E-state index in [-0.39, 0.29) is 17.5 Å². The van der Waals surface area contributed by atoms with Crippen LogP contribution in [0.3, 0.4) is 0 Å². The fourth-order valence-corrected chi connectivity index (χ4v) is 1.87. The van der Waals surface area contributed by atoms with Crippen molar-refractivity contribution in [2.75, 3.05) is 6.54 Å². The van der Waals surface area contributed by atoms with Gasteiger partial charge in [0.25, 0.3) is 5.91 Å². The Balaban J connectivity index is 1.95. The van der Waals surface area contributed by atoms with Crippen LogP contribution < -0.4 is 11.1 Å². The van der Waals surface area contributed by atoms with Crippen molar-refractivity contribution in [3.8, 4) is 0 Å². The first-order valence-electron chi connectivity index (χ1n) is 6.04. The number of imidazole rings is 1. The van der Waals surface area contributed by atoms with Gasteiger partial charge in [-0.2, -0.15) is 0 Å². The highest BCUT2D eigenvalue weighted by atomic mass is 35.5. The Labute approximate surface area is 120 Å². The summed E-state index contributed by atoms with van der Waals surface area (Å²) in [5.74, 6) is -0.788. The Kier molecular flexibility index (Phi) is 4.70. The van der Waals surface area contributed by atoms with Crippen molar-refractivity contribution in [1.82, 2.24) is 14.9 Å². The molecule has 0 spiro atoms. The number of rotatable bonds is 5. The van der Waals surface area contributed by atoms with E-state index in [9.17, 15) is 9.18 Å². The molecule has 106 valence electrons. The number of hydrogen-bond donors (Lipinski definition) is 2.